The molecule has 0 unspecified atom stereocenters. The number of nitrogen functional groups attached to an aromatic ring is 1. The first-order chi connectivity index (χ1) is 9.49. The van der Waals surface area contributed by atoms with E-state index in [1.807, 2.05) is 6.07 Å². The quantitative estimate of drug-likeness (QED) is 0.528. The van der Waals surface area contributed by atoms with Gasteiger partial charge in [0.05, 0.1) is 27.5 Å². The minimum absolute atomic E-state index is 0.140. The maximum Gasteiger partial charge on any atom is 0.278 e. The molecule has 2 aromatic heterocycles. The third-order valence-electron chi connectivity index (χ3n) is 2.87. The first-order valence-corrected chi connectivity index (χ1v) is 6.91. The SMILES string of the molecule is Cc1cnc(CSc2ccc(N)cn2)c(C)c1[N+](=O)[O-]. The molecule has 7 heteroatoms. The van der Waals surface area contributed by atoms with Crippen molar-refractivity contribution in [3.05, 3.63) is 51.5 Å². The Kier molecular flexibility index (Phi) is 4.19. The maximum absolute atomic E-state index is 11.1. The molecule has 2 N–H and O–H groups in total. The molecule has 104 valence electrons. The third-order valence-corrected chi connectivity index (χ3v) is 3.83. The summed E-state index contributed by atoms with van der Waals surface area (Å²) in [6.45, 7) is 3.42. The predicted octanol–water partition coefficient (Wildman–Crippen LogP) is 2.88. The van der Waals surface area contributed by atoms with Crippen LogP contribution in [0.25, 0.3) is 0 Å². The van der Waals surface area contributed by atoms with E-state index in [2.05, 4.69) is 9.97 Å². The van der Waals surface area contributed by atoms with Crippen LogP contribution in [-0.4, -0.2) is 14.9 Å². The number of nitrogens with zero attached hydrogens (tertiary/aromatic N) is 3. The molecule has 2 heterocycles. The lowest BCUT2D eigenvalue weighted by atomic mass is 10.1. The molecule has 0 spiro atoms. The van der Waals surface area contributed by atoms with Gasteiger partial charge in [-0.25, -0.2) is 4.98 Å². The van der Waals surface area contributed by atoms with Gasteiger partial charge in [-0.2, -0.15) is 0 Å². The minimum Gasteiger partial charge on any atom is -0.397 e. The summed E-state index contributed by atoms with van der Waals surface area (Å²) in [7, 11) is 0. The van der Waals surface area contributed by atoms with Crippen molar-refractivity contribution in [3.8, 4) is 0 Å². The van der Waals surface area contributed by atoms with E-state index < -0.39 is 0 Å². The second-order valence-corrected chi connectivity index (χ2v) is 5.33. The molecule has 0 fully saturated rings. The number of hydrogen-bond acceptors (Lipinski definition) is 6. The van der Waals surface area contributed by atoms with E-state index in [9.17, 15) is 10.1 Å². The molecule has 0 aromatic carbocycles. The molecule has 0 aliphatic heterocycles. The molecule has 20 heavy (non-hydrogen) atoms. The zero-order chi connectivity index (χ0) is 14.7. The van der Waals surface area contributed by atoms with Crippen LogP contribution in [0, 0.1) is 24.0 Å². The molecular formula is C13H14N4O2S. The Balaban J connectivity index is 2.20. The van der Waals surface area contributed by atoms with Crippen molar-refractivity contribution in [2.45, 2.75) is 24.6 Å². The minimum atomic E-state index is -0.359. The van der Waals surface area contributed by atoms with Gasteiger partial charge in [-0.15, -0.1) is 11.8 Å². The molecule has 2 rings (SSSR count). The van der Waals surface area contributed by atoms with E-state index in [0.717, 1.165) is 5.03 Å². The normalized spacial score (nSPS) is 10.5. The lowest BCUT2D eigenvalue weighted by Gasteiger charge is -2.07. The van der Waals surface area contributed by atoms with Gasteiger partial charge >= 0.3 is 0 Å². The molecule has 0 atom stereocenters. The number of aromatic nitrogens is 2. The topological polar surface area (TPSA) is 94.9 Å². The largest absolute Gasteiger partial charge is 0.397 e. The van der Waals surface area contributed by atoms with Gasteiger partial charge in [0.15, 0.2) is 0 Å². The molecule has 0 saturated heterocycles. The van der Waals surface area contributed by atoms with Crippen LogP contribution in [0.1, 0.15) is 16.8 Å². The molecule has 0 amide bonds. The Morgan fingerprint density at radius 2 is 2.05 bits per heavy atom. The van der Waals surface area contributed by atoms with Gasteiger partial charge < -0.3 is 5.73 Å². The van der Waals surface area contributed by atoms with Gasteiger partial charge in [0, 0.05) is 23.1 Å². The van der Waals surface area contributed by atoms with Crippen molar-refractivity contribution >= 4 is 23.1 Å². The van der Waals surface area contributed by atoms with Crippen LogP contribution in [0.3, 0.4) is 0 Å². The number of thioether (sulfide) groups is 1. The van der Waals surface area contributed by atoms with Crippen molar-refractivity contribution in [1.82, 2.24) is 9.97 Å². The van der Waals surface area contributed by atoms with Crippen LogP contribution < -0.4 is 5.73 Å². The van der Waals surface area contributed by atoms with Crippen LogP contribution >= 0.6 is 11.8 Å². The fourth-order valence-electron chi connectivity index (χ4n) is 1.81. The predicted molar refractivity (Wildman–Crippen MR) is 78.6 cm³/mol. The zero-order valence-corrected chi connectivity index (χ0v) is 12.0. The number of nitrogens with two attached hydrogens (primary N) is 1. The van der Waals surface area contributed by atoms with Crippen LogP contribution in [0.15, 0.2) is 29.6 Å². The highest BCUT2D eigenvalue weighted by Crippen LogP contribution is 2.28. The monoisotopic (exact) mass is 290 g/mol. The number of rotatable bonds is 4. The second-order valence-electron chi connectivity index (χ2n) is 4.34. The van der Waals surface area contributed by atoms with E-state index in [1.54, 1.807) is 26.1 Å². The number of hydrogen-bond donors (Lipinski definition) is 1. The van der Waals surface area contributed by atoms with Gasteiger partial charge in [0.1, 0.15) is 0 Å². The summed E-state index contributed by atoms with van der Waals surface area (Å²) in [6.07, 6.45) is 3.12. The molecule has 0 saturated carbocycles. The standard InChI is InChI=1S/C13H14N4O2S/c1-8-5-15-11(9(2)13(8)17(18)19)7-20-12-4-3-10(14)6-16-12/h3-6H,7,14H2,1-2H3. The van der Waals surface area contributed by atoms with E-state index in [1.165, 1.54) is 18.0 Å². The highest BCUT2D eigenvalue weighted by atomic mass is 32.2. The summed E-state index contributed by atoms with van der Waals surface area (Å²) in [5.74, 6) is 0.532. The first kappa shape index (κ1) is 14.3. The average molecular weight is 290 g/mol. The Labute approximate surface area is 120 Å². The Morgan fingerprint density at radius 1 is 1.30 bits per heavy atom. The van der Waals surface area contributed by atoms with Crippen molar-refractivity contribution in [2.24, 2.45) is 0 Å². The van der Waals surface area contributed by atoms with Crippen molar-refractivity contribution < 1.29 is 4.92 Å². The molecular weight excluding hydrogens is 276 g/mol. The maximum atomic E-state index is 11.1. The molecule has 6 nitrogen and oxygen atoms in total. The Bertz CT molecular complexity index is 644. The van der Waals surface area contributed by atoms with Crippen LogP contribution in [0.2, 0.25) is 0 Å². The smallest absolute Gasteiger partial charge is 0.278 e. The van der Waals surface area contributed by atoms with Gasteiger partial charge in [-0.05, 0) is 26.0 Å². The number of aryl methyl sites for hydroxylation is 1. The fourth-order valence-corrected chi connectivity index (χ4v) is 2.68. The lowest BCUT2D eigenvalue weighted by molar-refractivity contribution is -0.386. The summed E-state index contributed by atoms with van der Waals surface area (Å²) in [4.78, 5) is 19.1. The van der Waals surface area contributed by atoms with Crippen molar-refractivity contribution in [1.29, 1.82) is 0 Å². The molecule has 0 radical (unpaired) electrons. The fraction of sp³-hybridized carbons (Fsp3) is 0.231. The van der Waals surface area contributed by atoms with Gasteiger partial charge in [0.2, 0.25) is 0 Å². The molecule has 0 aliphatic carbocycles. The third kappa shape index (κ3) is 3.05. The van der Waals surface area contributed by atoms with E-state index in [4.69, 9.17) is 5.73 Å². The second kappa shape index (κ2) is 5.87. The van der Waals surface area contributed by atoms with Crippen LogP contribution in [0.4, 0.5) is 11.4 Å². The molecule has 0 bridgehead atoms. The summed E-state index contributed by atoms with van der Waals surface area (Å²) >= 11 is 1.47. The van der Waals surface area contributed by atoms with Gasteiger partial charge in [-0.3, -0.25) is 15.1 Å². The first-order valence-electron chi connectivity index (χ1n) is 5.93. The number of anilines is 1. The average Bonchev–Trinajstić information content (AvgIpc) is 2.39. The van der Waals surface area contributed by atoms with Crippen LogP contribution in [0.5, 0.6) is 0 Å². The van der Waals surface area contributed by atoms with E-state index in [0.29, 0.717) is 28.3 Å². The highest BCUT2D eigenvalue weighted by molar-refractivity contribution is 7.98. The van der Waals surface area contributed by atoms with Crippen LogP contribution in [-0.2, 0) is 5.75 Å². The van der Waals surface area contributed by atoms with E-state index >= 15 is 0 Å². The zero-order valence-electron chi connectivity index (χ0n) is 11.2. The Morgan fingerprint density at radius 3 is 2.65 bits per heavy atom. The van der Waals surface area contributed by atoms with E-state index in [-0.39, 0.29) is 10.6 Å². The summed E-state index contributed by atoms with van der Waals surface area (Å²) < 4.78 is 0. The molecule has 2 aromatic rings. The highest BCUT2D eigenvalue weighted by Gasteiger charge is 2.18. The van der Waals surface area contributed by atoms with Crippen molar-refractivity contribution in [2.75, 3.05) is 5.73 Å². The van der Waals surface area contributed by atoms with Gasteiger partial charge in [-0.1, -0.05) is 0 Å². The Hall–Kier alpha value is -2.15. The summed E-state index contributed by atoms with van der Waals surface area (Å²) in [6, 6.07) is 3.59. The summed E-state index contributed by atoms with van der Waals surface area (Å²) in [5.41, 5.74) is 8.20. The number of nitro groups is 1. The number of pyridine rings is 2. The van der Waals surface area contributed by atoms with Gasteiger partial charge in [0.25, 0.3) is 5.69 Å². The summed E-state index contributed by atoms with van der Waals surface area (Å²) in [5, 5.41) is 11.9. The van der Waals surface area contributed by atoms with Crippen molar-refractivity contribution in [3.63, 3.8) is 0 Å². The lowest BCUT2D eigenvalue weighted by Crippen LogP contribution is -2.01. The molecule has 0 aliphatic rings.